The van der Waals surface area contributed by atoms with Crippen molar-refractivity contribution in [3.63, 3.8) is 0 Å². The van der Waals surface area contributed by atoms with Crippen molar-refractivity contribution in [2.24, 2.45) is 11.7 Å². The first kappa shape index (κ1) is 21.1. The predicted molar refractivity (Wildman–Crippen MR) is 122 cm³/mol. The molecule has 2 aliphatic carbocycles. The zero-order valence-corrected chi connectivity index (χ0v) is 18.7. The number of rotatable bonds is 7. The topological polar surface area (TPSA) is 125 Å². The van der Waals surface area contributed by atoms with Crippen LogP contribution in [0.25, 0.3) is 5.57 Å². The lowest BCUT2D eigenvalue weighted by Gasteiger charge is -2.39. The molecule has 9 nitrogen and oxygen atoms in total. The van der Waals surface area contributed by atoms with Gasteiger partial charge in [0.25, 0.3) is 0 Å². The van der Waals surface area contributed by atoms with Gasteiger partial charge in [-0.15, -0.1) is 5.10 Å². The first-order chi connectivity index (χ1) is 16.0. The molecule has 5 rings (SSSR count). The molecule has 2 aliphatic rings. The molecule has 168 valence electrons. The van der Waals surface area contributed by atoms with Crippen molar-refractivity contribution in [3.05, 3.63) is 77.4 Å². The number of carbonyl (C=O) groups is 1. The number of aryl methyl sites for hydroxylation is 1. The Balaban J connectivity index is 1.71. The minimum atomic E-state index is -0.801. The average Bonchev–Trinajstić information content (AvgIpc) is 3.53. The number of allylic oxidation sites excluding steroid dienone is 3. The van der Waals surface area contributed by atoms with E-state index in [1.807, 2.05) is 36.0 Å². The van der Waals surface area contributed by atoms with Gasteiger partial charge in [-0.05, 0) is 65.5 Å². The van der Waals surface area contributed by atoms with Gasteiger partial charge in [-0.2, -0.15) is 0 Å². The first-order valence-electron chi connectivity index (χ1n) is 11.2. The number of amides is 1. The number of hydrogen-bond donors (Lipinski definition) is 1. The fourth-order valence-electron chi connectivity index (χ4n) is 4.47. The van der Waals surface area contributed by atoms with Gasteiger partial charge in [0, 0.05) is 49.1 Å². The Kier molecular flexibility index (Phi) is 5.32. The van der Waals surface area contributed by atoms with Crippen molar-refractivity contribution in [2.75, 3.05) is 0 Å². The van der Waals surface area contributed by atoms with Crippen molar-refractivity contribution >= 4 is 11.5 Å². The Morgan fingerprint density at radius 2 is 2.09 bits per heavy atom. The van der Waals surface area contributed by atoms with Gasteiger partial charge in [-0.1, -0.05) is 13.0 Å². The molecule has 2 unspecified atom stereocenters. The highest BCUT2D eigenvalue weighted by Crippen LogP contribution is 2.46. The highest BCUT2D eigenvalue weighted by molar-refractivity contribution is 5.96. The standard InChI is InChI=1S/C24H26N8O/c1-15-3-6-20(28-13-15)18-10-19(23(25)33)12-24(11-18,16(2)21-14-26-7-8-27-21)32-22(29-30-31-32)9-17-4-5-17/h3,6-8,10-11,13-14,16-17H,4-5,9,12H2,1-2H3,(H2,25,33). The molecule has 0 aliphatic heterocycles. The summed E-state index contributed by atoms with van der Waals surface area (Å²) in [6.45, 7) is 4.05. The van der Waals surface area contributed by atoms with Gasteiger partial charge in [-0.25, -0.2) is 4.68 Å². The molecule has 0 saturated heterocycles. The zero-order chi connectivity index (χ0) is 23.0. The van der Waals surface area contributed by atoms with Crippen molar-refractivity contribution < 1.29 is 4.79 Å². The fraction of sp³-hybridized carbons (Fsp3) is 0.375. The molecular weight excluding hydrogens is 416 g/mol. The molecule has 1 fully saturated rings. The maximum Gasteiger partial charge on any atom is 0.244 e. The molecule has 3 heterocycles. The summed E-state index contributed by atoms with van der Waals surface area (Å²) in [7, 11) is 0. The predicted octanol–water partition coefficient (Wildman–Crippen LogP) is 2.52. The number of hydrogen-bond acceptors (Lipinski definition) is 7. The van der Waals surface area contributed by atoms with Crippen LogP contribution in [0.15, 0.2) is 54.6 Å². The molecular formula is C24H26N8O. The Bertz CT molecular complexity index is 1230. The highest BCUT2D eigenvalue weighted by atomic mass is 16.1. The minimum Gasteiger partial charge on any atom is -0.366 e. The summed E-state index contributed by atoms with van der Waals surface area (Å²) in [6, 6.07) is 3.95. The van der Waals surface area contributed by atoms with E-state index < -0.39 is 11.4 Å². The van der Waals surface area contributed by atoms with Crippen molar-refractivity contribution in [3.8, 4) is 0 Å². The molecule has 3 aromatic heterocycles. The van der Waals surface area contributed by atoms with Crippen LogP contribution in [-0.4, -0.2) is 41.1 Å². The summed E-state index contributed by atoms with van der Waals surface area (Å²) < 4.78 is 1.87. The molecule has 3 aromatic rings. The lowest BCUT2D eigenvalue weighted by atomic mass is 9.73. The summed E-state index contributed by atoms with van der Waals surface area (Å²) in [5.74, 6) is 0.721. The Morgan fingerprint density at radius 1 is 1.24 bits per heavy atom. The monoisotopic (exact) mass is 442 g/mol. The Hall–Kier alpha value is -3.75. The number of nitrogens with two attached hydrogens (primary N) is 1. The van der Waals surface area contributed by atoms with Crippen LogP contribution in [0.2, 0.25) is 0 Å². The van der Waals surface area contributed by atoms with E-state index in [0.29, 0.717) is 17.9 Å². The van der Waals surface area contributed by atoms with Crippen LogP contribution >= 0.6 is 0 Å². The summed E-state index contributed by atoms with van der Waals surface area (Å²) in [4.78, 5) is 25.9. The largest absolute Gasteiger partial charge is 0.366 e. The average molecular weight is 443 g/mol. The molecule has 0 aromatic carbocycles. The van der Waals surface area contributed by atoms with E-state index in [1.165, 1.54) is 12.8 Å². The summed E-state index contributed by atoms with van der Waals surface area (Å²) in [6.07, 6.45) is 14.3. The van der Waals surface area contributed by atoms with E-state index in [9.17, 15) is 4.79 Å². The van der Waals surface area contributed by atoms with Crippen LogP contribution < -0.4 is 5.73 Å². The molecule has 9 heteroatoms. The molecule has 1 saturated carbocycles. The second-order valence-corrected chi connectivity index (χ2v) is 9.03. The van der Waals surface area contributed by atoms with E-state index in [-0.39, 0.29) is 5.92 Å². The van der Waals surface area contributed by atoms with Crippen LogP contribution in [-0.2, 0) is 16.8 Å². The number of primary amides is 1. The van der Waals surface area contributed by atoms with Gasteiger partial charge >= 0.3 is 0 Å². The van der Waals surface area contributed by atoms with Gasteiger partial charge in [0.05, 0.1) is 16.9 Å². The van der Waals surface area contributed by atoms with E-state index in [0.717, 1.165) is 34.8 Å². The molecule has 2 atom stereocenters. The Morgan fingerprint density at radius 3 is 2.76 bits per heavy atom. The third-order valence-electron chi connectivity index (χ3n) is 6.61. The number of tetrazole rings is 1. The number of aromatic nitrogens is 7. The van der Waals surface area contributed by atoms with Gasteiger partial charge in [0.1, 0.15) is 0 Å². The smallest absolute Gasteiger partial charge is 0.244 e. The molecule has 33 heavy (non-hydrogen) atoms. The van der Waals surface area contributed by atoms with Crippen LogP contribution in [0, 0.1) is 12.8 Å². The normalized spacial score (nSPS) is 21.3. The maximum absolute atomic E-state index is 12.5. The molecule has 1 amide bonds. The molecule has 0 bridgehead atoms. The van der Waals surface area contributed by atoms with E-state index in [4.69, 9.17) is 5.73 Å². The summed E-state index contributed by atoms with van der Waals surface area (Å²) in [5.41, 5.74) is 8.93. The number of pyridine rings is 1. The van der Waals surface area contributed by atoms with Crippen LogP contribution in [0.3, 0.4) is 0 Å². The lowest BCUT2D eigenvalue weighted by molar-refractivity contribution is -0.114. The summed E-state index contributed by atoms with van der Waals surface area (Å²) in [5, 5.41) is 12.8. The van der Waals surface area contributed by atoms with Gasteiger partial charge in [0.2, 0.25) is 5.91 Å². The maximum atomic E-state index is 12.5. The molecule has 2 N–H and O–H groups in total. The van der Waals surface area contributed by atoms with Crippen molar-refractivity contribution in [1.29, 1.82) is 0 Å². The van der Waals surface area contributed by atoms with Gasteiger partial charge in [0.15, 0.2) is 5.82 Å². The molecule has 0 radical (unpaired) electrons. The highest BCUT2D eigenvalue weighted by Gasteiger charge is 2.45. The van der Waals surface area contributed by atoms with E-state index >= 15 is 0 Å². The SMILES string of the molecule is Cc1ccc(C2=CC(C(C)c3cnccn3)(n3nnnc3CC3CC3)CC(C(N)=O)=C2)nc1. The van der Waals surface area contributed by atoms with Crippen LogP contribution in [0.1, 0.15) is 54.9 Å². The third-order valence-corrected chi connectivity index (χ3v) is 6.61. The second kappa shape index (κ2) is 8.31. The first-order valence-corrected chi connectivity index (χ1v) is 11.2. The quantitative estimate of drug-likeness (QED) is 0.596. The van der Waals surface area contributed by atoms with Crippen LogP contribution in [0.4, 0.5) is 0 Å². The van der Waals surface area contributed by atoms with E-state index in [2.05, 4.69) is 43.5 Å². The second-order valence-electron chi connectivity index (χ2n) is 9.03. The van der Waals surface area contributed by atoms with Gasteiger partial charge < -0.3 is 5.73 Å². The van der Waals surface area contributed by atoms with Crippen molar-refractivity contribution in [1.82, 2.24) is 35.2 Å². The third kappa shape index (κ3) is 4.06. The van der Waals surface area contributed by atoms with E-state index in [1.54, 1.807) is 18.6 Å². The minimum absolute atomic E-state index is 0.198. The molecule has 0 spiro atoms. The lowest BCUT2D eigenvalue weighted by Crippen LogP contribution is -2.43. The summed E-state index contributed by atoms with van der Waals surface area (Å²) >= 11 is 0. The zero-order valence-electron chi connectivity index (χ0n) is 18.7. The van der Waals surface area contributed by atoms with Crippen molar-refractivity contribution in [2.45, 2.75) is 51.0 Å². The number of nitrogens with zero attached hydrogens (tertiary/aromatic N) is 7. The Labute approximate surface area is 191 Å². The number of carbonyl (C=O) groups excluding carboxylic acids is 1. The van der Waals surface area contributed by atoms with Crippen LogP contribution in [0.5, 0.6) is 0 Å². The fourth-order valence-corrected chi connectivity index (χ4v) is 4.47. The van der Waals surface area contributed by atoms with Gasteiger partial charge in [-0.3, -0.25) is 19.7 Å².